The molecule has 130 valence electrons. The number of hydrogen-bond donors (Lipinski definition) is 0. The third kappa shape index (κ3) is 4.14. The predicted molar refractivity (Wildman–Crippen MR) is 79.7 cm³/mol. The van der Waals surface area contributed by atoms with Gasteiger partial charge in [0.05, 0.1) is 12.2 Å². The molecule has 0 saturated carbocycles. The molecule has 0 spiro atoms. The normalized spacial score (nSPS) is 11.1. The molecular weight excluding hydrogens is 343 g/mol. The summed E-state index contributed by atoms with van der Waals surface area (Å²) in [7, 11) is 0. The summed E-state index contributed by atoms with van der Waals surface area (Å²) >= 11 is 0. The lowest BCUT2D eigenvalue weighted by Gasteiger charge is -2.06. The van der Waals surface area contributed by atoms with E-state index in [1.165, 1.54) is 22.9 Å². The highest BCUT2D eigenvalue weighted by atomic mass is 19.3. The molecule has 0 N–H and O–H groups in total. The summed E-state index contributed by atoms with van der Waals surface area (Å²) in [6.45, 7) is -3.00. The third-order valence-corrected chi connectivity index (χ3v) is 3.35. The zero-order valence-electron chi connectivity index (χ0n) is 12.6. The second kappa shape index (κ2) is 6.92. The van der Waals surface area contributed by atoms with Gasteiger partial charge in [0.25, 0.3) is 0 Å². The van der Waals surface area contributed by atoms with E-state index in [2.05, 4.69) is 9.84 Å². The number of nitrogens with zero attached hydrogens (tertiary/aromatic N) is 2. The van der Waals surface area contributed by atoms with E-state index in [1.807, 2.05) is 0 Å². The highest BCUT2D eigenvalue weighted by Crippen LogP contribution is 2.25. The minimum absolute atomic E-state index is 0.115. The zero-order chi connectivity index (χ0) is 18.0. The van der Waals surface area contributed by atoms with Crippen molar-refractivity contribution < 1.29 is 26.7 Å². The maximum atomic E-state index is 13.8. The fourth-order valence-corrected chi connectivity index (χ4v) is 2.34. The number of alkyl halides is 2. The van der Waals surface area contributed by atoms with Gasteiger partial charge >= 0.3 is 6.61 Å². The van der Waals surface area contributed by atoms with Crippen molar-refractivity contribution in [2.75, 3.05) is 0 Å². The zero-order valence-corrected chi connectivity index (χ0v) is 12.6. The maximum absolute atomic E-state index is 13.8. The highest BCUT2D eigenvalue weighted by molar-refractivity contribution is 5.60. The summed E-state index contributed by atoms with van der Waals surface area (Å²) in [4.78, 5) is 0. The Hall–Kier alpha value is -2.90. The average Bonchev–Trinajstić information content (AvgIpc) is 2.96. The lowest BCUT2D eigenvalue weighted by molar-refractivity contribution is -0.0521. The van der Waals surface area contributed by atoms with Crippen LogP contribution in [0, 0.1) is 17.5 Å². The Balaban J connectivity index is 1.80. The van der Waals surface area contributed by atoms with Gasteiger partial charge in [-0.2, -0.15) is 13.9 Å². The van der Waals surface area contributed by atoms with E-state index in [-0.39, 0.29) is 6.54 Å². The van der Waals surface area contributed by atoms with Crippen LogP contribution in [0.15, 0.2) is 48.7 Å². The van der Waals surface area contributed by atoms with E-state index in [1.54, 1.807) is 12.3 Å². The Bertz CT molecular complexity index is 874. The van der Waals surface area contributed by atoms with E-state index in [4.69, 9.17) is 0 Å². The number of ether oxygens (including phenoxy) is 1. The summed E-state index contributed by atoms with van der Waals surface area (Å²) in [5.74, 6) is -2.90. The molecule has 1 heterocycles. The van der Waals surface area contributed by atoms with Gasteiger partial charge in [-0.15, -0.1) is 0 Å². The monoisotopic (exact) mass is 354 g/mol. The summed E-state index contributed by atoms with van der Waals surface area (Å²) < 4.78 is 69.9. The highest BCUT2D eigenvalue weighted by Gasteiger charge is 2.12. The number of halogens is 5. The second-order valence-electron chi connectivity index (χ2n) is 5.20. The van der Waals surface area contributed by atoms with Gasteiger partial charge in [0, 0.05) is 17.8 Å². The summed E-state index contributed by atoms with van der Waals surface area (Å²) in [5.41, 5.74) is 1.10. The number of aromatic nitrogens is 2. The Morgan fingerprint density at radius 2 is 1.68 bits per heavy atom. The van der Waals surface area contributed by atoms with Crippen LogP contribution < -0.4 is 4.74 Å². The molecule has 0 atom stereocenters. The van der Waals surface area contributed by atoms with Crippen LogP contribution >= 0.6 is 0 Å². The van der Waals surface area contributed by atoms with Crippen molar-refractivity contribution in [2.45, 2.75) is 13.2 Å². The van der Waals surface area contributed by atoms with Gasteiger partial charge in [-0.1, -0.05) is 0 Å². The van der Waals surface area contributed by atoms with Gasteiger partial charge in [0.2, 0.25) is 0 Å². The van der Waals surface area contributed by atoms with Gasteiger partial charge in [0.1, 0.15) is 11.6 Å². The first-order valence-corrected chi connectivity index (χ1v) is 7.14. The second-order valence-corrected chi connectivity index (χ2v) is 5.20. The van der Waals surface area contributed by atoms with Gasteiger partial charge < -0.3 is 4.74 Å². The molecule has 0 saturated heterocycles. The summed E-state index contributed by atoms with van der Waals surface area (Å²) in [6.07, 6.45) is 1.56. The summed E-state index contributed by atoms with van der Waals surface area (Å²) in [5, 5.41) is 4.18. The fourth-order valence-electron chi connectivity index (χ4n) is 2.34. The predicted octanol–water partition coefficient (Wildman–Crippen LogP) is 4.62. The van der Waals surface area contributed by atoms with Crippen LogP contribution in [-0.4, -0.2) is 16.4 Å². The van der Waals surface area contributed by atoms with Gasteiger partial charge in [0.15, 0.2) is 11.6 Å². The molecule has 25 heavy (non-hydrogen) atoms. The van der Waals surface area contributed by atoms with Crippen LogP contribution in [0.4, 0.5) is 22.0 Å². The maximum Gasteiger partial charge on any atom is 0.387 e. The first kappa shape index (κ1) is 16.9. The fraction of sp³-hybridized carbons (Fsp3) is 0.118. The molecule has 0 aliphatic rings. The number of benzene rings is 2. The molecule has 8 heteroatoms. The van der Waals surface area contributed by atoms with Crippen LogP contribution in [0.3, 0.4) is 0 Å². The van der Waals surface area contributed by atoms with Crippen molar-refractivity contribution >= 4 is 0 Å². The SMILES string of the molecule is Fc1cc(F)cc(Cn2ccc(-c3ccc(OC(F)F)c(F)c3)n2)c1. The van der Waals surface area contributed by atoms with Crippen LogP contribution in [0.25, 0.3) is 11.3 Å². The number of hydrogen-bond acceptors (Lipinski definition) is 2. The molecule has 3 aromatic rings. The molecule has 2 aromatic carbocycles. The molecule has 3 nitrogen and oxygen atoms in total. The van der Waals surface area contributed by atoms with Gasteiger partial charge in [-0.3, -0.25) is 4.68 Å². The molecule has 0 aliphatic carbocycles. The van der Waals surface area contributed by atoms with Crippen molar-refractivity contribution in [1.29, 1.82) is 0 Å². The Labute approximate surface area is 139 Å². The largest absolute Gasteiger partial charge is 0.432 e. The third-order valence-electron chi connectivity index (χ3n) is 3.35. The van der Waals surface area contributed by atoms with E-state index in [0.29, 0.717) is 16.8 Å². The van der Waals surface area contributed by atoms with Crippen molar-refractivity contribution in [3.05, 3.63) is 71.7 Å². The van der Waals surface area contributed by atoms with E-state index >= 15 is 0 Å². The first-order chi connectivity index (χ1) is 11.9. The van der Waals surface area contributed by atoms with Crippen LogP contribution in [-0.2, 0) is 6.54 Å². The molecule has 0 radical (unpaired) electrons. The number of rotatable bonds is 5. The van der Waals surface area contributed by atoms with E-state index < -0.39 is 29.8 Å². The van der Waals surface area contributed by atoms with Crippen molar-refractivity contribution in [1.82, 2.24) is 9.78 Å². The van der Waals surface area contributed by atoms with Crippen LogP contribution in [0.5, 0.6) is 5.75 Å². The lowest BCUT2D eigenvalue weighted by Crippen LogP contribution is -2.04. The van der Waals surface area contributed by atoms with Gasteiger partial charge in [-0.05, 0) is 42.0 Å². The van der Waals surface area contributed by atoms with Gasteiger partial charge in [-0.25, -0.2) is 13.2 Å². The average molecular weight is 354 g/mol. The Kier molecular flexibility index (Phi) is 4.69. The molecule has 0 fully saturated rings. The van der Waals surface area contributed by atoms with Crippen molar-refractivity contribution in [2.24, 2.45) is 0 Å². The lowest BCUT2D eigenvalue weighted by atomic mass is 10.1. The minimum Gasteiger partial charge on any atom is -0.432 e. The van der Waals surface area contributed by atoms with Crippen LogP contribution in [0.1, 0.15) is 5.56 Å². The molecule has 0 unspecified atom stereocenters. The van der Waals surface area contributed by atoms with Crippen molar-refractivity contribution in [3.8, 4) is 17.0 Å². The molecule has 0 bridgehead atoms. The summed E-state index contributed by atoms with van der Waals surface area (Å²) in [6, 6.07) is 8.18. The molecule has 1 aromatic heterocycles. The topological polar surface area (TPSA) is 27.1 Å². The van der Waals surface area contributed by atoms with E-state index in [0.717, 1.165) is 18.2 Å². The van der Waals surface area contributed by atoms with Crippen LogP contribution in [0.2, 0.25) is 0 Å². The minimum atomic E-state index is -3.12. The Morgan fingerprint density at radius 1 is 0.960 bits per heavy atom. The quantitative estimate of drug-likeness (QED) is 0.626. The molecule has 0 aliphatic heterocycles. The first-order valence-electron chi connectivity index (χ1n) is 7.14. The Morgan fingerprint density at radius 3 is 2.32 bits per heavy atom. The standard InChI is InChI=1S/C17H11F5N2O/c18-12-5-10(6-13(19)8-12)9-24-4-3-15(23-24)11-1-2-16(14(20)7-11)25-17(21)22/h1-8,17H,9H2. The molecular formula is C17H11F5N2O. The van der Waals surface area contributed by atoms with E-state index in [9.17, 15) is 22.0 Å². The smallest absolute Gasteiger partial charge is 0.387 e. The molecule has 0 amide bonds. The van der Waals surface area contributed by atoms with Crippen molar-refractivity contribution in [3.63, 3.8) is 0 Å². The molecule has 3 rings (SSSR count).